The second-order valence-corrected chi connectivity index (χ2v) is 5.39. The minimum atomic E-state index is 0.244. The molecular weight excluding hydrogens is 278 g/mol. The van der Waals surface area contributed by atoms with Crippen molar-refractivity contribution in [2.75, 3.05) is 27.1 Å². The predicted molar refractivity (Wildman–Crippen MR) is 79.6 cm³/mol. The summed E-state index contributed by atoms with van der Waals surface area (Å²) in [5.74, 6) is 2.07. The molecule has 0 saturated heterocycles. The van der Waals surface area contributed by atoms with E-state index >= 15 is 0 Å². The van der Waals surface area contributed by atoms with Gasteiger partial charge in [0.25, 0.3) is 0 Å². The largest absolute Gasteiger partial charge is 0.493 e. The monoisotopic (exact) mass is 299 g/mol. The van der Waals surface area contributed by atoms with Crippen molar-refractivity contribution in [1.82, 2.24) is 5.32 Å². The quantitative estimate of drug-likeness (QED) is 0.561. The van der Waals surface area contributed by atoms with Gasteiger partial charge in [-0.1, -0.05) is 18.5 Å². The number of ether oxygens (including phenoxy) is 3. The van der Waals surface area contributed by atoms with E-state index in [-0.39, 0.29) is 6.79 Å². The van der Waals surface area contributed by atoms with E-state index in [1.54, 1.807) is 13.2 Å². The third kappa shape index (κ3) is 4.54. The Kier molecular flexibility index (Phi) is 5.95. The van der Waals surface area contributed by atoms with E-state index < -0.39 is 0 Å². The van der Waals surface area contributed by atoms with Crippen molar-refractivity contribution in [1.29, 1.82) is 0 Å². The lowest BCUT2D eigenvalue weighted by molar-refractivity contribution is 0.00808. The Bertz CT molecular complexity index is 435. The van der Waals surface area contributed by atoms with Crippen LogP contribution >= 0.6 is 11.6 Å². The number of hydrogen-bond acceptors (Lipinski definition) is 4. The highest BCUT2D eigenvalue weighted by Crippen LogP contribution is 2.35. The van der Waals surface area contributed by atoms with Gasteiger partial charge in [0.1, 0.15) is 0 Å². The molecule has 1 aliphatic carbocycles. The van der Waals surface area contributed by atoms with Crippen LogP contribution in [0, 0.1) is 5.92 Å². The van der Waals surface area contributed by atoms with Crippen LogP contribution in [0.3, 0.4) is 0 Å². The average Bonchev–Trinajstić information content (AvgIpc) is 3.26. The molecule has 1 saturated carbocycles. The van der Waals surface area contributed by atoms with Crippen LogP contribution in [0.5, 0.6) is 11.5 Å². The Balaban J connectivity index is 2.00. The highest BCUT2D eigenvalue weighted by Gasteiger charge is 2.21. The Morgan fingerprint density at radius 2 is 2.15 bits per heavy atom. The fraction of sp³-hybridized carbons (Fsp3) is 0.600. The smallest absolute Gasteiger partial charge is 0.189 e. The number of hydrogen-bond donors (Lipinski definition) is 1. The molecule has 1 aromatic rings. The number of rotatable bonds is 9. The molecule has 0 amide bonds. The molecule has 0 heterocycles. The van der Waals surface area contributed by atoms with Crippen LogP contribution in [-0.2, 0) is 11.3 Å². The molecule has 2 rings (SSSR count). The first kappa shape index (κ1) is 15.4. The predicted octanol–water partition coefficient (Wildman–Crippen LogP) is 3.22. The normalized spacial score (nSPS) is 14.3. The second kappa shape index (κ2) is 7.72. The highest BCUT2D eigenvalue weighted by molar-refractivity contribution is 6.30. The van der Waals surface area contributed by atoms with Gasteiger partial charge in [-0.25, -0.2) is 0 Å². The lowest BCUT2D eigenvalue weighted by atomic mass is 10.2. The van der Waals surface area contributed by atoms with Gasteiger partial charge in [0.15, 0.2) is 18.3 Å². The van der Waals surface area contributed by atoms with Crippen molar-refractivity contribution >= 4 is 11.6 Å². The van der Waals surface area contributed by atoms with Gasteiger partial charge in [-0.2, -0.15) is 0 Å². The number of nitrogens with one attached hydrogen (secondary N) is 1. The summed E-state index contributed by atoms with van der Waals surface area (Å²) in [6.45, 7) is 4.64. The van der Waals surface area contributed by atoms with Crippen molar-refractivity contribution in [2.24, 2.45) is 5.92 Å². The van der Waals surface area contributed by atoms with Gasteiger partial charge in [0, 0.05) is 23.2 Å². The van der Waals surface area contributed by atoms with Crippen LogP contribution in [0.1, 0.15) is 25.3 Å². The molecule has 0 aromatic heterocycles. The molecule has 1 aromatic carbocycles. The van der Waals surface area contributed by atoms with Crippen LogP contribution < -0.4 is 14.8 Å². The Hall–Kier alpha value is -0.970. The molecule has 0 spiro atoms. The van der Waals surface area contributed by atoms with Crippen molar-refractivity contribution in [3.63, 3.8) is 0 Å². The summed E-state index contributed by atoms with van der Waals surface area (Å²) in [4.78, 5) is 0. The molecule has 1 aliphatic rings. The first-order valence-electron chi connectivity index (χ1n) is 7.02. The van der Waals surface area contributed by atoms with Crippen LogP contribution in [0.4, 0.5) is 0 Å². The lowest BCUT2D eigenvalue weighted by Gasteiger charge is -2.16. The fourth-order valence-electron chi connectivity index (χ4n) is 1.93. The van der Waals surface area contributed by atoms with E-state index in [2.05, 4.69) is 12.2 Å². The van der Waals surface area contributed by atoms with Gasteiger partial charge in [0.05, 0.1) is 13.7 Å². The van der Waals surface area contributed by atoms with E-state index in [0.29, 0.717) is 23.1 Å². The Morgan fingerprint density at radius 3 is 2.80 bits per heavy atom. The zero-order chi connectivity index (χ0) is 14.4. The maximum absolute atomic E-state index is 6.10. The van der Waals surface area contributed by atoms with E-state index in [9.17, 15) is 0 Å². The van der Waals surface area contributed by atoms with E-state index in [4.69, 9.17) is 25.8 Å². The number of methoxy groups -OCH3 is 1. The van der Waals surface area contributed by atoms with Gasteiger partial charge >= 0.3 is 0 Å². The van der Waals surface area contributed by atoms with Crippen LogP contribution in [0.25, 0.3) is 0 Å². The summed E-state index contributed by atoms with van der Waals surface area (Å²) in [7, 11) is 1.61. The Labute approximate surface area is 125 Å². The molecule has 5 heteroatoms. The Morgan fingerprint density at radius 1 is 1.35 bits per heavy atom. The molecule has 0 radical (unpaired) electrons. The lowest BCUT2D eigenvalue weighted by Crippen LogP contribution is -2.14. The van der Waals surface area contributed by atoms with Crippen molar-refractivity contribution in [2.45, 2.75) is 26.3 Å². The van der Waals surface area contributed by atoms with Crippen LogP contribution in [0.15, 0.2) is 12.1 Å². The number of halogens is 1. The van der Waals surface area contributed by atoms with E-state index in [0.717, 1.165) is 24.6 Å². The number of benzene rings is 1. The van der Waals surface area contributed by atoms with E-state index in [1.807, 2.05) is 6.07 Å². The summed E-state index contributed by atoms with van der Waals surface area (Å²) < 4.78 is 16.6. The maximum Gasteiger partial charge on any atom is 0.189 e. The summed E-state index contributed by atoms with van der Waals surface area (Å²) in [6, 6.07) is 3.65. The van der Waals surface area contributed by atoms with Gasteiger partial charge in [-0.3, -0.25) is 0 Å². The molecule has 1 N–H and O–H groups in total. The topological polar surface area (TPSA) is 39.7 Å². The molecule has 112 valence electrons. The SMILES string of the molecule is CCNCc1cc(Cl)cc(OC)c1OCOCC1CC1. The third-order valence-electron chi connectivity index (χ3n) is 3.22. The van der Waals surface area contributed by atoms with Gasteiger partial charge in [0.2, 0.25) is 0 Å². The fourth-order valence-corrected chi connectivity index (χ4v) is 2.16. The highest BCUT2D eigenvalue weighted by atomic mass is 35.5. The van der Waals surface area contributed by atoms with Crippen LogP contribution in [-0.4, -0.2) is 27.1 Å². The molecule has 0 bridgehead atoms. The summed E-state index contributed by atoms with van der Waals surface area (Å²) in [5, 5.41) is 3.91. The summed E-state index contributed by atoms with van der Waals surface area (Å²) >= 11 is 6.10. The minimum absolute atomic E-state index is 0.244. The zero-order valence-electron chi connectivity index (χ0n) is 12.1. The second-order valence-electron chi connectivity index (χ2n) is 4.95. The van der Waals surface area contributed by atoms with Gasteiger partial charge in [-0.15, -0.1) is 0 Å². The molecule has 0 unspecified atom stereocenters. The first-order valence-corrected chi connectivity index (χ1v) is 7.40. The minimum Gasteiger partial charge on any atom is -0.493 e. The first-order chi connectivity index (χ1) is 9.74. The molecule has 1 fully saturated rings. The molecule has 20 heavy (non-hydrogen) atoms. The van der Waals surface area contributed by atoms with Crippen LogP contribution in [0.2, 0.25) is 5.02 Å². The third-order valence-corrected chi connectivity index (χ3v) is 3.44. The zero-order valence-corrected chi connectivity index (χ0v) is 12.8. The average molecular weight is 300 g/mol. The van der Waals surface area contributed by atoms with Gasteiger partial charge < -0.3 is 19.5 Å². The molecule has 4 nitrogen and oxygen atoms in total. The molecular formula is C15H22ClNO3. The van der Waals surface area contributed by atoms with Crippen molar-refractivity contribution in [3.8, 4) is 11.5 Å². The van der Waals surface area contributed by atoms with Crippen molar-refractivity contribution < 1.29 is 14.2 Å². The summed E-state index contributed by atoms with van der Waals surface area (Å²) in [5.41, 5.74) is 0.978. The van der Waals surface area contributed by atoms with Crippen molar-refractivity contribution in [3.05, 3.63) is 22.7 Å². The maximum atomic E-state index is 6.10. The molecule has 0 atom stereocenters. The standard InChI is InChI=1S/C15H22ClNO3/c1-3-17-8-12-6-13(16)7-14(18-2)15(12)20-10-19-9-11-4-5-11/h6-7,11,17H,3-5,8-10H2,1-2H3. The van der Waals surface area contributed by atoms with E-state index in [1.165, 1.54) is 12.8 Å². The van der Waals surface area contributed by atoms with Gasteiger partial charge in [-0.05, 0) is 31.4 Å². The molecule has 0 aliphatic heterocycles. The summed E-state index contributed by atoms with van der Waals surface area (Å²) in [6.07, 6.45) is 2.55.